The fourth-order valence-corrected chi connectivity index (χ4v) is 5.91. The normalized spacial score (nSPS) is 16.1. The molecular formula is C50H80NO11P. The van der Waals surface area contributed by atoms with Crippen LogP contribution in [-0.2, 0) is 32.7 Å². The Labute approximate surface area is 379 Å². The Bertz CT molecular complexity index is 1530. The zero-order chi connectivity index (χ0) is 46.9. The molecule has 1 unspecified atom stereocenters. The van der Waals surface area contributed by atoms with E-state index in [1.807, 2.05) is 39.4 Å². The van der Waals surface area contributed by atoms with Crippen molar-refractivity contribution in [2.45, 2.75) is 135 Å². The molecule has 63 heavy (non-hydrogen) atoms. The predicted molar refractivity (Wildman–Crippen MR) is 253 cm³/mol. The van der Waals surface area contributed by atoms with Gasteiger partial charge in [-0.05, 0) is 64.2 Å². The molecule has 12 nitrogen and oxygen atoms in total. The predicted octanol–water partition coefficient (Wildman–Crippen LogP) is 9.19. The maximum atomic E-state index is 12.7. The van der Waals surface area contributed by atoms with Crippen LogP contribution in [0, 0.1) is 0 Å². The second kappa shape index (κ2) is 39.8. The molecule has 0 bridgehead atoms. The van der Waals surface area contributed by atoms with Crippen LogP contribution in [0.15, 0.2) is 122 Å². The maximum Gasteiger partial charge on any atom is 0.306 e. The van der Waals surface area contributed by atoms with E-state index in [0.717, 1.165) is 57.8 Å². The Balaban J connectivity index is 4.81. The Morgan fingerprint density at radius 1 is 0.635 bits per heavy atom. The summed E-state index contributed by atoms with van der Waals surface area (Å²) in [6, 6.07) is 0. The minimum absolute atomic E-state index is 0.0183. The Morgan fingerprint density at radius 3 is 1.73 bits per heavy atom. The topological polar surface area (TPSA) is 172 Å². The minimum atomic E-state index is -4.74. The maximum absolute atomic E-state index is 12.7. The fraction of sp³-hybridized carbons (Fsp3) is 0.560. The summed E-state index contributed by atoms with van der Waals surface area (Å²) in [6.45, 7) is 3.49. The molecule has 0 aromatic carbocycles. The highest BCUT2D eigenvalue weighted by Crippen LogP contribution is 2.38. The summed E-state index contributed by atoms with van der Waals surface area (Å²) in [4.78, 5) is 37.6. The monoisotopic (exact) mass is 902 g/mol. The van der Waals surface area contributed by atoms with Crippen LogP contribution in [0.2, 0.25) is 0 Å². The zero-order valence-electron chi connectivity index (χ0n) is 38.8. The molecule has 0 aliphatic rings. The number of hydrogen-bond donors (Lipinski definition) is 3. The van der Waals surface area contributed by atoms with Gasteiger partial charge in [0.05, 0.1) is 46.1 Å². The van der Waals surface area contributed by atoms with Crippen LogP contribution in [0.3, 0.4) is 0 Å². The highest BCUT2D eigenvalue weighted by Gasteiger charge is 2.22. The number of quaternary nitrogens is 1. The first kappa shape index (κ1) is 59.3. The summed E-state index contributed by atoms with van der Waals surface area (Å²) < 4.78 is 33.5. The van der Waals surface area contributed by atoms with Crippen molar-refractivity contribution in [2.75, 3.05) is 47.5 Å². The Hall–Kier alpha value is -3.71. The summed E-state index contributed by atoms with van der Waals surface area (Å²) in [7, 11) is 0.906. The van der Waals surface area contributed by atoms with Crippen molar-refractivity contribution in [3.05, 3.63) is 122 Å². The van der Waals surface area contributed by atoms with Gasteiger partial charge in [-0.3, -0.25) is 14.2 Å². The average molecular weight is 902 g/mol. The van der Waals surface area contributed by atoms with Gasteiger partial charge in [0.2, 0.25) is 0 Å². The molecule has 0 saturated carbocycles. The van der Waals surface area contributed by atoms with E-state index in [1.54, 1.807) is 42.5 Å². The Kier molecular flexibility index (Phi) is 37.5. The number of rotatable bonds is 38. The van der Waals surface area contributed by atoms with Gasteiger partial charge in [0.1, 0.15) is 19.8 Å². The standard InChI is InChI=1S/C50H80NO11P/c1-6-8-10-11-12-13-14-15-16-17-18-19-20-21-22-23-24-29-33-39-50(56)62-46(44-61-63(57,58)60-42-41-51(3,4)5)43-59-49(55)40-34-38-48(54)47(53)37-32-28-26-25-27-31-36-45(52)35-30-9-7-2/h8,10,12-13,15-16,18-19,21-22,24-29,31-32,36-37,45-48,52-54H,6-7,9,11,14,17,20,23,30,33-35,38-44H2,1-5H3/b10-8-,13-12-,16-15-,19-18-,22-21-,27-25-,28-26+,29-24-,36-31+,37-32+/t45-,46-,47-,48-/m1/s1. The molecule has 0 radical (unpaired) electrons. The van der Waals surface area contributed by atoms with Crippen molar-refractivity contribution in [1.82, 2.24) is 0 Å². The number of carbonyl (C=O) groups is 2. The number of phosphoric acid groups is 1. The van der Waals surface area contributed by atoms with Gasteiger partial charge >= 0.3 is 11.9 Å². The third-order valence-electron chi connectivity index (χ3n) is 8.85. The third kappa shape index (κ3) is 42.0. The number of likely N-dealkylation sites (N-methyl/N-ethyl adjacent to an activating group) is 1. The molecule has 0 spiro atoms. The van der Waals surface area contributed by atoms with Gasteiger partial charge in [0, 0.05) is 12.8 Å². The number of allylic oxidation sites excluding steroid dienone is 18. The fourth-order valence-electron chi connectivity index (χ4n) is 5.18. The van der Waals surface area contributed by atoms with Gasteiger partial charge in [0.25, 0.3) is 7.82 Å². The summed E-state index contributed by atoms with van der Waals surface area (Å²) >= 11 is 0. The average Bonchev–Trinajstić information content (AvgIpc) is 3.23. The molecule has 0 heterocycles. The van der Waals surface area contributed by atoms with E-state index in [1.165, 1.54) is 6.08 Å². The zero-order valence-corrected chi connectivity index (χ0v) is 39.7. The molecule has 0 saturated heterocycles. The van der Waals surface area contributed by atoms with E-state index in [4.69, 9.17) is 18.5 Å². The molecule has 0 aromatic rings. The lowest BCUT2D eigenvalue weighted by Gasteiger charge is -2.28. The number of phosphoric ester groups is 1. The van der Waals surface area contributed by atoms with Crippen molar-refractivity contribution in [2.24, 2.45) is 0 Å². The van der Waals surface area contributed by atoms with E-state index in [-0.39, 0.29) is 32.3 Å². The molecule has 0 aliphatic heterocycles. The van der Waals surface area contributed by atoms with Crippen LogP contribution in [0.5, 0.6) is 0 Å². The highest BCUT2D eigenvalue weighted by molar-refractivity contribution is 7.45. The van der Waals surface area contributed by atoms with E-state index in [2.05, 4.69) is 68.5 Å². The van der Waals surface area contributed by atoms with E-state index in [9.17, 15) is 34.4 Å². The van der Waals surface area contributed by atoms with E-state index in [0.29, 0.717) is 23.9 Å². The van der Waals surface area contributed by atoms with E-state index < -0.39 is 57.4 Å². The van der Waals surface area contributed by atoms with Crippen molar-refractivity contribution in [3.8, 4) is 0 Å². The lowest BCUT2D eigenvalue weighted by Crippen LogP contribution is -2.37. The van der Waals surface area contributed by atoms with Crippen molar-refractivity contribution in [3.63, 3.8) is 0 Å². The lowest BCUT2D eigenvalue weighted by atomic mass is 10.1. The number of unbranched alkanes of at least 4 members (excludes halogenated alkanes) is 2. The van der Waals surface area contributed by atoms with Crippen LogP contribution in [0.1, 0.15) is 110 Å². The van der Waals surface area contributed by atoms with Gasteiger partial charge in [-0.1, -0.05) is 155 Å². The largest absolute Gasteiger partial charge is 0.756 e. The minimum Gasteiger partial charge on any atom is -0.756 e. The molecule has 0 amide bonds. The smallest absolute Gasteiger partial charge is 0.306 e. The van der Waals surface area contributed by atoms with Crippen LogP contribution < -0.4 is 4.89 Å². The summed E-state index contributed by atoms with van der Waals surface area (Å²) in [5.41, 5.74) is 0. The number of ether oxygens (including phenoxy) is 2. The second-order valence-corrected chi connectivity index (χ2v) is 17.3. The second-order valence-electron chi connectivity index (χ2n) is 15.9. The first-order valence-corrected chi connectivity index (χ1v) is 24.0. The summed E-state index contributed by atoms with van der Waals surface area (Å²) in [6.07, 6.45) is 44.7. The number of esters is 2. The van der Waals surface area contributed by atoms with Gasteiger partial charge < -0.3 is 43.2 Å². The van der Waals surface area contributed by atoms with Crippen LogP contribution in [0.4, 0.5) is 0 Å². The molecule has 3 N–H and O–H groups in total. The summed E-state index contributed by atoms with van der Waals surface area (Å²) in [5.74, 6) is -1.28. The van der Waals surface area contributed by atoms with Gasteiger partial charge in [-0.2, -0.15) is 0 Å². The molecule has 0 aliphatic carbocycles. The number of aliphatic hydroxyl groups excluding tert-OH is 3. The number of nitrogens with zero attached hydrogens (tertiary/aromatic N) is 1. The molecule has 13 heteroatoms. The van der Waals surface area contributed by atoms with Gasteiger partial charge in [-0.25, -0.2) is 0 Å². The number of hydrogen-bond acceptors (Lipinski definition) is 11. The van der Waals surface area contributed by atoms with Crippen LogP contribution in [0.25, 0.3) is 0 Å². The number of aliphatic hydroxyl groups is 3. The quantitative estimate of drug-likeness (QED) is 0.0135. The first-order valence-electron chi connectivity index (χ1n) is 22.6. The van der Waals surface area contributed by atoms with Gasteiger partial charge in [0.15, 0.2) is 6.10 Å². The number of carbonyl (C=O) groups excluding carboxylic acids is 2. The molecule has 5 atom stereocenters. The van der Waals surface area contributed by atoms with Crippen molar-refractivity contribution >= 4 is 19.8 Å². The SMILES string of the molecule is CC/C=C\C/C=C\C/C=C\C/C=C\C/C=C\C/C=C\CCC(=O)O[C@H](COC(=O)CCC[C@@H](O)[C@H](O)/C=C/C=C/C=C\C=C\[C@H](O)CCCCC)COP(=O)([O-])OCC[N+](C)(C)C. The lowest BCUT2D eigenvalue weighted by molar-refractivity contribution is -0.870. The molecular weight excluding hydrogens is 822 g/mol. The molecule has 0 fully saturated rings. The molecule has 0 rings (SSSR count). The van der Waals surface area contributed by atoms with E-state index >= 15 is 0 Å². The van der Waals surface area contributed by atoms with Crippen molar-refractivity contribution < 1.29 is 57.4 Å². The first-order chi connectivity index (χ1) is 30.2. The summed E-state index contributed by atoms with van der Waals surface area (Å²) in [5, 5.41) is 30.5. The van der Waals surface area contributed by atoms with Crippen LogP contribution >= 0.6 is 7.82 Å². The Morgan fingerprint density at radius 2 is 1.17 bits per heavy atom. The highest BCUT2D eigenvalue weighted by atomic mass is 31.2. The molecule has 356 valence electrons. The third-order valence-corrected chi connectivity index (χ3v) is 9.81. The molecule has 0 aromatic heterocycles. The van der Waals surface area contributed by atoms with Crippen LogP contribution in [-0.4, -0.2) is 104 Å². The van der Waals surface area contributed by atoms with Crippen molar-refractivity contribution in [1.29, 1.82) is 0 Å². The van der Waals surface area contributed by atoms with Gasteiger partial charge in [-0.15, -0.1) is 0 Å².